The van der Waals surface area contributed by atoms with Gasteiger partial charge in [0.15, 0.2) is 61.6 Å². The minimum Gasteiger partial charge on any atom is -0.459 e. The van der Waals surface area contributed by atoms with E-state index in [4.69, 9.17) is 80.5 Å². The highest BCUT2D eigenvalue weighted by Crippen LogP contribution is 2.40. The van der Waals surface area contributed by atoms with Crippen molar-refractivity contribution in [3.05, 3.63) is 395 Å². The molecule has 0 aromatic heterocycles. The van der Waals surface area contributed by atoms with Gasteiger partial charge in [-0.25, -0.2) is 47.9 Å². The summed E-state index contributed by atoms with van der Waals surface area (Å²) in [5.74, 6) is -9.07. The fourth-order valence-electron chi connectivity index (χ4n) is 13.9. The Morgan fingerprint density at radius 1 is 0.230 bits per heavy atom. The third-order valence-electron chi connectivity index (χ3n) is 20.2. The minimum atomic E-state index is -2.22. The molecule has 0 bridgehead atoms. The van der Waals surface area contributed by atoms with Crippen molar-refractivity contribution in [2.45, 2.75) is 105 Å². The number of amides is 1. The number of carbonyl (C=O) groups is 10. The summed E-state index contributed by atoms with van der Waals surface area (Å²) in [6.45, 7) is -3.82. The molecule has 1 amide bonds. The highest BCUT2D eigenvalue weighted by Gasteiger charge is 2.60. The van der Waals surface area contributed by atoms with Gasteiger partial charge >= 0.3 is 59.8 Å². The molecule has 0 radical (unpaired) electrons. The van der Waals surface area contributed by atoms with Crippen LogP contribution >= 0.6 is 0 Å². The second kappa shape index (κ2) is 44.1. The summed E-state index contributed by atoms with van der Waals surface area (Å²) in [6, 6.07) is 86.9. The molecular formula is C98H85NO27. The van der Waals surface area contributed by atoms with Crippen molar-refractivity contribution in [2.24, 2.45) is 0 Å². The van der Waals surface area contributed by atoms with Crippen LogP contribution in [0.5, 0.6) is 0 Å². The normalized spacial score (nSPS) is 21.8. The number of carbonyl (C=O) groups excluding carboxylic acids is 10. The number of ether oxygens (including phenoxy) is 17. The molecule has 28 nitrogen and oxygen atoms in total. The summed E-state index contributed by atoms with van der Waals surface area (Å²) < 4.78 is 112. The number of hydrogen-bond acceptors (Lipinski definition) is 27. The van der Waals surface area contributed by atoms with E-state index >= 15 is 19.2 Å². The lowest BCUT2D eigenvalue weighted by Gasteiger charge is -2.49. The number of hydrogen-bond donors (Lipinski definition) is 1. The molecule has 0 spiro atoms. The maximum atomic E-state index is 15.3. The Morgan fingerprint density at radius 3 is 0.817 bits per heavy atom. The van der Waals surface area contributed by atoms with Gasteiger partial charge in [0.1, 0.15) is 50.3 Å². The second-order valence-corrected chi connectivity index (χ2v) is 28.8. The van der Waals surface area contributed by atoms with Crippen molar-refractivity contribution in [1.29, 1.82) is 0 Å². The van der Waals surface area contributed by atoms with E-state index in [0.29, 0.717) is 11.1 Å². The lowest BCUT2D eigenvalue weighted by atomic mass is 9.95. The summed E-state index contributed by atoms with van der Waals surface area (Å²) in [5, 5.41) is 2.66. The third-order valence-corrected chi connectivity index (χ3v) is 20.2. The third kappa shape index (κ3) is 23.7. The molecule has 644 valence electrons. The zero-order valence-electron chi connectivity index (χ0n) is 67.4. The minimum absolute atomic E-state index is 0.00859. The van der Waals surface area contributed by atoms with Crippen molar-refractivity contribution in [3.63, 3.8) is 0 Å². The molecule has 3 aliphatic rings. The van der Waals surface area contributed by atoms with Crippen molar-refractivity contribution >= 4 is 59.8 Å². The molecule has 15 atom stereocenters. The van der Waals surface area contributed by atoms with Gasteiger partial charge < -0.3 is 85.8 Å². The molecule has 3 heterocycles. The van der Waals surface area contributed by atoms with Crippen LogP contribution in [-0.2, 0) is 93.7 Å². The second-order valence-electron chi connectivity index (χ2n) is 28.8. The highest BCUT2D eigenvalue weighted by atomic mass is 16.8. The van der Waals surface area contributed by atoms with E-state index in [0.717, 1.165) is 0 Å². The Kier molecular flexibility index (Phi) is 30.8. The smallest absolute Gasteiger partial charge is 0.407 e. The van der Waals surface area contributed by atoms with Gasteiger partial charge in [0.25, 0.3) is 0 Å². The van der Waals surface area contributed by atoms with Crippen LogP contribution in [-0.4, -0.2) is 185 Å². The van der Waals surface area contributed by atoms with Crippen molar-refractivity contribution in [3.8, 4) is 0 Å². The standard InChI is InChI=1S/C98H85NO27/c100-86(65-38-16-3-17-39-65)112-60-75-78(119-88(102)67-42-20-5-21-43-67)81(121-90(104)69-46-24-7-25-47-69)84(124-93(107)72-52-30-10-31-53-72)96(117-75)114-62-74-77(111-58-63-34-12-1-13-35-63)80(83(123-92(106)71-50-28-9-29-51-71)95(116-74)110-57-56-99-98(109)115-59-64-36-14-2-15-37-64)126-97-85(125-94(108)73-54-32-11-33-55-73)82(122-91(105)70-48-26-8-27-49-70)79(120-89(103)68-44-22-6-23-45-68)76(118-97)61-113-87(101)66-40-18-4-19-41-66/h1-55,74-85,95-97H,56-62H2,(H,99,109)/t74-,75-,76-,77-,78-,79-,80+,81+,82+,83-,84+,85+,95-,96+,97-/m1/s1. The van der Waals surface area contributed by atoms with E-state index in [-0.39, 0.29) is 69.8 Å². The molecule has 14 rings (SSSR count). The van der Waals surface area contributed by atoms with Gasteiger partial charge in [-0.2, -0.15) is 0 Å². The Balaban J connectivity index is 0.927. The fraction of sp³-hybridized carbons (Fsp3) is 0.224. The van der Waals surface area contributed by atoms with Crippen LogP contribution in [0.4, 0.5) is 4.79 Å². The molecule has 11 aromatic carbocycles. The molecule has 3 aliphatic heterocycles. The number of alkyl carbamates (subject to hydrolysis) is 1. The van der Waals surface area contributed by atoms with Gasteiger partial charge in [0.2, 0.25) is 0 Å². The zero-order valence-corrected chi connectivity index (χ0v) is 67.4. The van der Waals surface area contributed by atoms with E-state index < -0.39 is 178 Å². The maximum absolute atomic E-state index is 15.3. The van der Waals surface area contributed by atoms with Crippen LogP contribution in [0.15, 0.2) is 334 Å². The fourth-order valence-corrected chi connectivity index (χ4v) is 13.9. The Hall–Kier alpha value is -14.4. The van der Waals surface area contributed by atoms with Crippen molar-refractivity contribution < 1.29 is 128 Å². The largest absolute Gasteiger partial charge is 0.459 e. The van der Waals surface area contributed by atoms with Gasteiger partial charge in [-0.15, -0.1) is 0 Å². The van der Waals surface area contributed by atoms with Crippen LogP contribution in [0.1, 0.15) is 104 Å². The summed E-state index contributed by atoms with van der Waals surface area (Å²) in [4.78, 5) is 147. The number of rotatable bonds is 34. The summed E-state index contributed by atoms with van der Waals surface area (Å²) in [7, 11) is 0. The predicted molar refractivity (Wildman–Crippen MR) is 445 cm³/mol. The molecular weight excluding hydrogens is 1620 g/mol. The van der Waals surface area contributed by atoms with Crippen LogP contribution in [0.2, 0.25) is 0 Å². The number of benzene rings is 11. The average molecular weight is 1710 g/mol. The van der Waals surface area contributed by atoms with Gasteiger partial charge in [0, 0.05) is 6.54 Å². The topological polar surface area (TPSA) is 340 Å². The molecule has 126 heavy (non-hydrogen) atoms. The predicted octanol–water partition coefficient (Wildman–Crippen LogP) is 13.4. The molecule has 3 fully saturated rings. The lowest BCUT2D eigenvalue weighted by Crippen LogP contribution is -2.67. The van der Waals surface area contributed by atoms with Crippen LogP contribution in [0.25, 0.3) is 0 Å². The first-order chi connectivity index (χ1) is 61.6. The van der Waals surface area contributed by atoms with E-state index in [1.807, 2.05) is 0 Å². The van der Waals surface area contributed by atoms with Gasteiger partial charge in [0.05, 0.1) is 69.9 Å². The lowest BCUT2D eigenvalue weighted by molar-refractivity contribution is -0.367. The average Bonchev–Trinajstić information content (AvgIpc) is 0.763. The maximum Gasteiger partial charge on any atom is 0.407 e. The number of nitrogens with one attached hydrogen (secondary N) is 1. The Morgan fingerprint density at radius 2 is 0.484 bits per heavy atom. The molecule has 0 unspecified atom stereocenters. The monoisotopic (exact) mass is 1710 g/mol. The SMILES string of the molecule is O=C(NCCO[C@@H]1O[C@H](CO[C@H]2O[C@H](COC(=O)c3ccccc3)[C@@H](OC(=O)c3ccccc3)[C@H](OC(=O)c3ccccc3)[C@@H]2OC(=O)c2ccccc2)[C@@H](OCc2ccccc2)[C@H](O[C@H]2O[C@H](COC(=O)c3ccccc3)[C@@H](OC(=O)c3ccccc3)[C@H](OC(=O)c3ccccc3)[C@@H]2OC(=O)c2ccccc2)[C@H]1OC(=O)c1ccccc1)OCc1ccccc1. The first-order valence-corrected chi connectivity index (χ1v) is 40.4. The molecule has 28 heteroatoms. The van der Waals surface area contributed by atoms with Crippen LogP contribution in [0.3, 0.4) is 0 Å². The molecule has 11 aromatic rings. The zero-order chi connectivity index (χ0) is 87.4. The molecule has 0 saturated carbocycles. The number of esters is 9. The van der Waals surface area contributed by atoms with Crippen LogP contribution in [0, 0.1) is 0 Å². The summed E-state index contributed by atoms with van der Waals surface area (Å²) in [5.41, 5.74) is 1.13. The van der Waals surface area contributed by atoms with Gasteiger partial charge in [-0.1, -0.05) is 224 Å². The van der Waals surface area contributed by atoms with Gasteiger partial charge in [-0.05, 0) is 120 Å². The highest BCUT2D eigenvalue weighted by molar-refractivity contribution is 5.94. The summed E-state index contributed by atoms with van der Waals surface area (Å²) in [6.07, 6.45) is -30.1. The molecule has 0 aliphatic carbocycles. The first-order valence-electron chi connectivity index (χ1n) is 40.4. The molecule has 3 saturated heterocycles. The summed E-state index contributed by atoms with van der Waals surface area (Å²) >= 11 is 0. The Labute approximate surface area is 723 Å². The quantitative estimate of drug-likeness (QED) is 0.0222. The first kappa shape index (κ1) is 88.0. The van der Waals surface area contributed by atoms with E-state index in [1.54, 1.807) is 224 Å². The van der Waals surface area contributed by atoms with E-state index in [1.165, 1.54) is 109 Å². The van der Waals surface area contributed by atoms with Crippen molar-refractivity contribution in [1.82, 2.24) is 5.32 Å². The van der Waals surface area contributed by atoms with Gasteiger partial charge in [-0.3, -0.25) is 0 Å². The molecule has 1 N–H and O–H groups in total. The van der Waals surface area contributed by atoms with Crippen LogP contribution < -0.4 is 5.32 Å². The van der Waals surface area contributed by atoms with E-state index in [2.05, 4.69) is 5.32 Å². The van der Waals surface area contributed by atoms with Crippen molar-refractivity contribution in [2.75, 3.05) is 33.0 Å². The van der Waals surface area contributed by atoms with E-state index in [9.17, 15) is 28.8 Å². The Bertz CT molecular complexity index is 5390.